The first-order valence-electron chi connectivity index (χ1n) is 11.7. The molecule has 1 heterocycles. The van der Waals surface area contributed by atoms with Crippen molar-refractivity contribution in [3.8, 4) is 17.4 Å². The van der Waals surface area contributed by atoms with Crippen molar-refractivity contribution in [2.45, 2.75) is 32.2 Å². The number of alkyl halides is 3. The number of hydrogen-bond donors (Lipinski definition) is 2. The van der Waals surface area contributed by atoms with Crippen molar-refractivity contribution in [2.75, 3.05) is 25.6 Å². The molecule has 1 unspecified atom stereocenters. The van der Waals surface area contributed by atoms with E-state index in [0.717, 1.165) is 22.5 Å². The molecule has 3 aromatic rings. The van der Waals surface area contributed by atoms with Crippen LogP contribution >= 0.6 is 0 Å². The first kappa shape index (κ1) is 30.5. The number of carbonyl (C=O) groups excluding carboxylic acids is 1. The third-order valence-corrected chi connectivity index (χ3v) is 6.63. The Bertz CT molecular complexity index is 1420. The number of ether oxygens (including phenoxy) is 3. The Kier molecular flexibility index (Phi) is 9.79. The molecule has 216 valence electrons. The number of pyridine rings is 1. The van der Waals surface area contributed by atoms with Crippen molar-refractivity contribution in [1.82, 2.24) is 10.3 Å². The van der Waals surface area contributed by atoms with Crippen molar-refractivity contribution in [3.05, 3.63) is 76.7 Å². The topological polar surface area (TPSA) is 107 Å². The molecule has 0 spiro atoms. The number of amides is 1. The molecule has 0 aliphatic rings. The minimum atomic E-state index is -4.72. The van der Waals surface area contributed by atoms with Crippen LogP contribution in [0.2, 0.25) is 0 Å². The van der Waals surface area contributed by atoms with Gasteiger partial charge in [-0.15, -0.1) is 0 Å². The predicted molar refractivity (Wildman–Crippen MR) is 138 cm³/mol. The highest BCUT2D eigenvalue weighted by Crippen LogP contribution is 2.31. The van der Waals surface area contributed by atoms with Crippen molar-refractivity contribution in [1.29, 1.82) is 0 Å². The van der Waals surface area contributed by atoms with Gasteiger partial charge in [0.25, 0.3) is 0 Å². The Labute approximate surface area is 229 Å². The summed E-state index contributed by atoms with van der Waals surface area (Å²) in [5.74, 6) is -1.70. The van der Waals surface area contributed by atoms with E-state index >= 15 is 0 Å². The second kappa shape index (κ2) is 12.9. The lowest BCUT2D eigenvalue weighted by atomic mass is 9.99. The molecule has 2 aromatic carbocycles. The Balaban J connectivity index is 1.79. The summed E-state index contributed by atoms with van der Waals surface area (Å²) in [7, 11) is 1.04. The minimum absolute atomic E-state index is 0.172. The van der Waals surface area contributed by atoms with Crippen LogP contribution in [0.25, 0.3) is 0 Å². The van der Waals surface area contributed by atoms with E-state index in [9.17, 15) is 30.8 Å². The highest BCUT2D eigenvalue weighted by Gasteiger charge is 2.33. The number of thiol groups is 1. The van der Waals surface area contributed by atoms with E-state index in [1.165, 1.54) is 40.3 Å². The average Bonchev–Trinajstić information content (AvgIpc) is 2.93. The van der Waals surface area contributed by atoms with E-state index in [-0.39, 0.29) is 35.8 Å². The van der Waals surface area contributed by atoms with E-state index < -0.39 is 40.4 Å². The van der Waals surface area contributed by atoms with Gasteiger partial charge in [-0.2, -0.15) is 13.2 Å². The monoisotopic (exact) mass is 585 g/mol. The highest BCUT2D eigenvalue weighted by molar-refractivity contribution is 7.74. The molecular weight excluding hydrogens is 558 g/mol. The normalized spacial score (nSPS) is 12.1. The second-order valence-electron chi connectivity index (χ2n) is 8.58. The number of halogens is 4. The molecule has 0 fully saturated rings. The maximum atomic E-state index is 14.5. The Morgan fingerprint density at radius 2 is 1.70 bits per heavy atom. The van der Waals surface area contributed by atoms with Gasteiger partial charge in [-0.25, -0.2) is 17.8 Å². The first-order valence-corrected chi connectivity index (χ1v) is 12.8. The van der Waals surface area contributed by atoms with Gasteiger partial charge < -0.3 is 19.5 Å². The summed E-state index contributed by atoms with van der Waals surface area (Å²) < 4.78 is 93.5. The van der Waals surface area contributed by atoms with Gasteiger partial charge in [0.15, 0.2) is 0 Å². The molecule has 0 saturated heterocycles. The Morgan fingerprint density at radius 1 is 1.05 bits per heavy atom. The van der Waals surface area contributed by atoms with Crippen LogP contribution in [0, 0.1) is 5.82 Å². The molecule has 0 bridgehead atoms. The standard InChI is InChI=1S/C26H27F4N3O6S/c1-15(17-5-7-22(21(27)11-17)33(2)40(35)36)24(34)31-13-18-6-8-23(26(28,29)30)32-25(18)39-14-16-9-19(37-3)12-20(10-16)38-4/h5-12,15,40H,13-14H2,1-4H3,(H,31,34). The molecule has 1 amide bonds. The smallest absolute Gasteiger partial charge is 0.433 e. The summed E-state index contributed by atoms with van der Waals surface area (Å²) in [6.07, 6.45) is -4.72. The zero-order chi connectivity index (χ0) is 29.6. The van der Waals surface area contributed by atoms with E-state index in [1.54, 1.807) is 18.2 Å². The molecule has 0 aliphatic carbocycles. The fourth-order valence-electron chi connectivity index (χ4n) is 3.62. The van der Waals surface area contributed by atoms with Crippen LogP contribution in [0.3, 0.4) is 0 Å². The maximum Gasteiger partial charge on any atom is 0.433 e. The Morgan fingerprint density at radius 3 is 2.25 bits per heavy atom. The Hall–Kier alpha value is -4.07. The molecule has 1 aromatic heterocycles. The van der Waals surface area contributed by atoms with Gasteiger partial charge in [-0.05, 0) is 54.4 Å². The van der Waals surface area contributed by atoms with Gasteiger partial charge in [0.1, 0.15) is 29.6 Å². The lowest BCUT2D eigenvalue weighted by molar-refractivity contribution is -0.141. The molecule has 40 heavy (non-hydrogen) atoms. The number of aromatic nitrogens is 1. The molecule has 0 radical (unpaired) electrons. The average molecular weight is 586 g/mol. The van der Waals surface area contributed by atoms with Gasteiger partial charge in [0.2, 0.25) is 22.7 Å². The van der Waals surface area contributed by atoms with Crippen molar-refractivity contribution in [3.63, 3.8) is 0 Å². The highest BCUT2D eigenvalue weighted by atomic mass is 32.2. The zero-order valence-electron chi connectivity index (χ0n) is 21.9. The summed E-state index contributed by atoms with van der Waals surface area (Å²) in [6.45, 7) is 1.10. The molecule has 1 N–H and O–H groups in total. The molecule has 1 atom stereocenters. The molecular formula is C26H27F4N3O6S. The van der Waals surface area contributed by atoms with Crippen LogP contribution < -0.4 is 23.8 Å². The number of methoxy groups -OCH3 is 2. The van der Waals surface area contributed by atoms with Gasteiger partial charge in [0, 0.05) is 25.2 Å². The summed E-state index contributed by atoms with van der Waals surface area (Å²) in [6, 6.07) is 10.5. The van der Waals surface area contributed by atoms with E-state index in [2.05, 4.69) is 10.3 Å². The lowest BCUT2D eigenvalue weighted by Crippen LogP contribution is -2.28. The summed E-state index contributed by atoms with van der Waals surface area (Å²) >= 11 is 0. The third-order valence-electron chi connectivity index (χ3n) is 5.93. The molecule has 0 aliphatic heterocycles. The number of hydrogen-bond acceptors (Lipinski definition) is 7. The molecule has 9 nitrogen and oxygen atoms in total. The first-order chi connectivity index (χ1) is 18.8. The summed E-state index contributed by atoms with van der Waals surface area (Å²) in [5.41, 5.74) is -0.377. The van der Waals surface area contributed by atoms with Crippen molar-refractivity contribution in [2.24, 2.45) is 0 Å². The summed E-state index contributed by atoms with van der Waals surface area (Å²) in [4.78, 5) is 16.4. The minimum Gasteiger partial charge on any atom is -0.497 e. The lowest BCUT2D eigenvalue weighted by Gasteiger charge is -2.17. The van der Waals surface area contributed by atoms with Gasteiger partial charge in [0.05, 0.1) is 25.8 Å². The van der Waals surface area contributed by atoms with Crippen LogP contribution in [0.1, 0.15) is 35.2 Å². The maximum absolute atomic E-state index is 14.5. The SMILES string of the molecule is COc1cc(COc2nc(C(F)(F)F)ccc2CNC(=O)C(C)c2ccc(N(C)[SH](=O)=O)c(F)c2)cc(OC)c1. The van der Waals surface area contributed by atoms with Crippen molar-refractivity contribution < 1.29 is 45.0 Å². The number of rotatable bonds is 11. The van der Waals surface area contributed by atoms with Crippen LogP contribution in [0.5, 0.6) is 17.4 Å². The van der Waals surface area contributed by atoms with Gasteiger partial charge >= 0.3 is 6.18 Å². The van der Waals surface area contributed by atoms with Gasteiger partial charge in [-0.3, -0.25) is 9.10 Å². The number of carbonyl (C=O) groups is 1. The van der Waals surface area contributed by atoms with E-state index in [1.807, 2.05) is 0 Å². The van der Waals surface area contributed by atoms with Crippen LogP contribution in [-0.2, 0) is 35.0 Å². The van der Waals surface area contributed by atoms with Crippen LogP contribution in [0.15, 0.2) is 48.5 Å². The van der Waals surface area contributed by atoms with Crippen LogP contribution in [0.4, 0.5) is 23.2 Å². The molecule has 14 heteroatoms. The quantitative estimate of drug-likeness (QED) is 0.256. The fraction of sp³-hybridized carbons (Fsp3) is 0.308. The largest absolute Gasteiger partial charge is 0.497 e. The second-order valence-corrected chi connectivity index (χ2v) is 9.66. The molecule has 3 rings (SSSR count). The fourth-order valence-corrected chi connectivity index (χ4v) is 3.96. The molecule has 0 saturated carbocycles. The number of nitrogens with zero attached hydrogens (tertiary/aromatic N) is 2. The number of anilines is 1. The third kappa shape index (κ3) is 7.52. The van der Waals surface area contributed by atoms with Crippen molar-refractivity contribution >= 4 is 22.5 Å². The zero-order valence-corrected chi connectivity index (χ0v) is 22.8. The van der Waals surface area contributed by atoms with Crippen LogP contribution in [-0.4, -0.2) is 40.6 Å². The number of nitrogens with one attached hydrogen (secondary N) is 1. The van der Waals surface area contributed by atoms with E-state index in [0.29, 0.717) is 17.1 Å². The number of benzene rings is 2. The van der Waals surface area contributed by atoms with E-state index in [4.69, 9.17) is 14.2 Å². The predicted octanol–water partition coefficient (Wildman–Crippen LogP) is 4.22. The summed E-state index contributed by atoms with van der Waals surface area (Å²) in [5, 5.41) is 2.60. The van der Waals surface area contributed by atoms with Gasteiger partial charge in [-0.1, -0.05) is 6.07 Å².